The minimum Gasteiger partial charge on any atom is -0.497 e. The first-order valence-electron chi connectivity index (χ1n) is 8.94. The minimum atomic E-state index is -0.102. The van der Waals surface area contributed by atoms with Crippen LogP contribution in [-0.2, 0) is 0 Å². The molecular formula is C20H24BrN3O2. The Morgan fingerprint density at radius 2 is 1.96 bits per heavy atom. The van der Waals surface area contributed by atoms with Crippen LogP contribution in [0.4, 0.5) is 0 Å². The topological polar surface area (TPSA) is 54.5 Å². The predicted octanol–water partition coefficient (Wildman–Crippen LogP) is 3.81. The lowest BCUT2D eigenvalue weighted by Gasteiger charge is -2.35. The summed E-state index contributed by atoms with van der Waals surface area (Å²) >= 11 is 3.36. The number of carbonyl (C=O) groups excluding carboxylic acids is 1. The number of rotatable bonds is 6. The molecule has 26 heavy (non-hydrogen) atoms. The van der Waals surface area contributed by atoms with E-state index in [2.05, 4.69) is 43.3 Å². The van der Waals surface area contributed by atoms with Crippen LogP contribution in [0.5, 0.6) is 5.75 Å². The fourth-order valence-electron chi connectivity index (χ4n) is 3.34. The maximum absolute atomic E-state index is 12.5. The number of nitrogens with zero attached hydrogens (tertiary/aromatic N) is 2. The number of methoxy groups -OCH3 is 1. The van der Waals surface area contributed by atoms with E-state index in [1.807, 2.05) is 12.1 Å². The monoisotopic (exact) mass is 417 g/mol. The number of piperidine rings is 1. The molecule has 0 saturated carbocycles. The molecule has 1 aromatic carbocycles. The molecule has 0 unspecified atom stereocenters. The number of carbonyl (C=O) groups is 1. The molecule has 6 heteroatoms. The van der Waals surface area contributed by atoms with Crippen LogP contribution in [0.1, 0.15) is 41.2 Å². The first-order valence-corrected chi connectivity index (χ1v) is 9.73. The molecule has 1 aliphatic rings. The number of nitrogens with one attached hydrogen (secondary N) is 1. The summed E-state index contributed by atoms with van der Waals surface area (Å²) in [6.07, 6.45) is 6.95. The van der Waals surface area contributed by atoms with Crippen molar-refractivity contribution in [3.63, 3.8) is 0 Å². The summed E-state index contributed by atoms with van der Waals surface area (Å²) in [5.41, 5.74) is 1.76. The highest BCUT2D eigenvalue weighted by molar-refractivity contribution is 9.10. The second kappa shape index (κ2) is 9.14. The molecule has 138 valence electrons. The highest BCUT2D eigenvalue weighted by Gasteiger charge is 2.23. The van der Waals surface area contributed by atoms with Gasteiger partial charge < -0.3 is 10.1 Å². The fraction of sp³-hybridized carbons (Fsp3) is 0.400. The number of likely N-dealkylation sites (tertiary alicyclic amines) is 1. The molecule has 1 N–H and O–H groups in total. The summed E-state index contributed by atoms with van der Waals surface area (Å²) in [5.74, 6) is 0.740. The summed E-state index contributed by atoms with van der Waals surface area (Å²) in [4.78, 5) is 19.0. The number of ether oxygens (including phenoxy) is 1. The number of aromatic nitrogens is 1. The third-order valence-corrected chi connectivity index (χ3v) is 5.19. The van der Waals surface area contributed by atoms with Gasteiger partial charge >= 0.3 is 0 Å². The summed E-state index contributed by atoms with van der Waals surface area (Å²) in [6.45, 7) is 2.69. The normalized spacial score (nSPS) is 16.1. The number of hydrogen-bond donors (Lipinski definition) is 1. The first-order chi connectivity index (χ1) is 12.7. The van der Waals surface area contributed by atoms with Gasteiger partial charge in [-0.1, -0.05) is 18.6 Å². The van der Waals surface area contributed by atoms with Crippen LogP contribution in [0.2, 0.25) is 0 Å². The third kappa shape index (κ3) is 4.83. The van der Waals surface area contributed by atoms with E-state index in [9.17, 15) is 4.79 Å². The number of halogens is 1. The lowest BCUT2D eigenvalue weighted by molar-refractivity contribution is 0.0924. The third-order valence-electron chi connectivity index (χ3n) is 4.76. The Bertz CT molecular complexity index is 730. The van der Waals surface area contributed by atoms with Crippen molar-refractivity contribution in [2.75, 3.05) is 26.7 Å². The molecule has 1 amide bonds. The fourth-order valence-corrected chi connectivity index (χ4v) is 3.71. The average Bonchev–Trinajstić information content (AvgIpc) is 2.69. The molecule has 0 aliphatic carbocycles. The highest BCUT2D eigenvalue weighted by Crippen LogP contribution is 2.26. The van der Waals surface area contributed by atoms with E-state index in [4.69, 9.17) is 4.74 Å². The number of pyridine rings is 1. The molecule has 0 radical (unpaired) electrons. The number of amides is 1. The van der Waals surface area contributed by atoms with Crippen LogP contribution in [0.3, 0.4) is 0 Å². The van der Waals surface area contributed by atoms with Crippen LogP contribution in [0.25, 0.3) is 0 Å². The van der Waals surface area contributed by atoms with Crippen molar-refractivity contribution in [3.05, 3.63) is 58.3 Å². The largest absolute Gasteiger partial charge is 0.497 e. The smallest absolute Gasteiger partial charge is 0.252 e. The van der Waals surface area contributed by atoms with E-state index in [-0.39, 0.29) is 11.9 Å². The van der Waals surface area contributed by atoms with Gasteiger partial charge in [-0.2, -0.15) is 0 Å². The lowest BCUT2D eigenvalue weighted by atomic mass is 10.0. The van der Waals surface area contributed by atoms with E-state index in [1.54, 1.807) is 25.6 Å². The van der Waals surface area contributed by atoms with Gasteiger partial charge in [0.15, 0.2) is 0 Å². The molecule has 5 nitrogen and oxygen atoms in total. The van der Waals surface area contributed by atoms with Gasteiger partial charge in [-0.05, 0) is 65.6 Å². The molecule has 1 fully saturated rings. The Morgan fingerprint density at radius 1 is 1.23 bits per heavy atom. The summed E-state index contributed by atoms with van der Waals surface area (Å²) < 4.78 is 6.07. The number of hydrogen-bond acceptors (Lipinski definition) is 4. The van der Waals surface area contributed by atoms with Gasteiger partial charge in [0.25, 0.3) is 5.91 Å². The van der Waals surface area contributed by atoms with Crippen LogP contribution < -0.4 is 10.1 Å². The maximum atomic E-state index is 12.5. The maximum Gasteiger partial charge on any atom is 0.252 e. The second-order valence-electron chi connectivity index (χ2n) is 6.49. The molecule has 3 rings (SSSR count). The van der Waals surface area contributed by atoms with Gasteiger partial charge in [-0.25, -0.2) is 0 Å². The van der Waals surface area contributed by atoms with Crippen molar-refractivity contribution in [3.8, 4) is 5.75 Å². The molecule has 2 heterocycles. The van der Waals surface area contributed by atoms with Gasteiger partial charge in [0.05, 0.1) is 18.7 Å². The summed E-state index contributed by atoms with van der Waals surface area (Å²) in [7, 11) is 1.67. The van der Waals surface area contributed by atoms with Gasteiger partial charge in [0.1, 0.15) is 5.75 Å². The Hall–Kier alpha value is -1.92. The molecule has 1 atom stereocenters. The van der Waals surface area contributed by atoms with Gasteiger partial charge in [0, 0.05) is 23.4 Å². The lowest BCUT2D eigenvalue weighted by Crippen LogP contribution is -2.40. The zero-order valence-corrected chi connectivity index (χ0v) is 16.5. The van der Waals surface area contributed by atoms with Crippen molar-refractivity contribution in [1.82, 2.24) is 15.2 Å². The predicted molar refractivity (Wildman–Crippen MR) is 105 cm³/mol. The first kappa shape index (κ1) is 18.9. The van der Waals surface area contributed by atoms with E-state index in [1.165, 1.54) is 24.8 Å². The Kier molecular flexibility index (Phi) is 6.63. The molecular weight excluding hydrogens is 394 g/mol. The highest BCUT2D eigenvalue weighted by atomic mass is 79.9. The minimum absolute atomic E-state index is 0.102. The molecule has 1 aliphatic heterocycles. The van der Waals surface area contributed by atoms with Gasteiger partial charge in [-0.3, -0.25) is 14.7 Å². The van der Waals surface area contributed by atoms with Crippen molar-refractivity contribution in [1.29, 1.82) is 0 Å². The van der Waals surface area contributed by atoms with E-state index in [0.29, 0.717) is 12.1 Å². The molecule has 2 aromatic rings. The molecule has 0 bridgehead atoms. The van der Waals surface area contributed by atoms with Crippen LogP contribution in [-0.4, -0.2) is 42.5 Å². The van der Waals surface area contributed by atoms with Crippen LogP contribution >= 0.6 is 15.9 Å². The Morgan fingerprint density at radius 3 is 2.62 bits per heavy atom. The second-order valence-corrected chi connectivity index (χ2v) is 7.40. The SMILES string of the molecule is COc1ccc([C@H](CNC(=O)c2cncc(Br)c2)N2CCCCC2)cc1. The van der Waals surface area contributed by atoms with E-state index >= 15 is 0 Å². The summed E-state index contributed by atoms with van der Waals surface area (Å²) in [5, 5.41) is 3.08. The zero-order chi connectivity index (χ0) is 18.4. The summed E-state index contributed by atoms with van der Waals surface area (Å²) in [6, 6.07) is 10.1. The average molecular weight is 418 g/mol. The van der Waals surface area contributed by atoms with Crippen molar-refractivity contribution < 1.29 is 9.53 Å². The van der Waals surface area contributed by atoms with Crippen molar-refractivity contribution in [2.45, 2.75) is 25.3 Å². The molecule has 1 aromatic heterocycles. The van der Waals surface area contributed by atoms with Gasteiger partial charge in [0.2, 0.25) is 0 Å². The van der Waals surface area contributed by atoms with E-state index in [0.717, 1.165) is 23.3 Å². The van der Waals surface area contributed by atoms with Crippen LogP contribution in [0, 0.1) is 0 Å². The van der Waals surface area contributed by atoms with E-state index < -0.39 is 0 Å². The standard InChI is InChI=1S/C20H24BrN3O2/c1-26-18-7-5-15(6-8-18)19(24-9-3-2-4-10-24)14-23-20(25)16-11-17(21)13-22-12-16/h5-8,11-13,19H,2-4,9-10,14H2,1H3,(H,23,25)/t19-/m0/s1. The number of benzene rings is 1. The van der Waals surface area contributed by atoms with Crippen molar-refractivity contribution in [2.24, 2.45) is 0 Å². The molecule has 1 saturated heterocycles. The Balaban J connectivity index is 1.73. The van der Waals surface area contributed by atoms with Gasteiger partial charge in [-0.15, -0.1) is 0 Å². The van der Waals surface area contributed by atoms with Crippen molar-refractivity contribution >= 4 is 21.8 Å². The molecule has 0 spiro atoms. The Labute approximate surface area is 162 Å². The van der Waals surface area contributed by atoms with Crippen LogP contribution in [0.15, 0.2) is 47.2 Å². The zero-order valence-electron chi connectivity index (χ0n) is 15.0. The quantitative estimate of drug-likeness (QED) is 0.775.